The van der Waals surface area contributed by atoms with Crippen LogP contribution in [0.4, 0.5) is 19.0 Å². The van der Waals surface area contributed by atoms with E-state index in [9.17, 15) is 23.1 Å². The van der Waals surface area contributed by atoms with Crippen molar-refractivity contribution in [3.63, 3.8) is 0 Å². The van der Waals surface area contributed by atoms with Gasteiger partial charge in [-0.25, -0.2) is 23.1 Å². The summed E-state index contributed by atoms with van der Waals surface area (Å²) in [6.45, 7) is 6.44. The fourth-order valence-electron chi connectivity index (χ4n) is 8.58. The first-order chi connectivity index (χ1) is 25.5. The smallest absolute Gasteiger partial charge is 0.258 e. The molecule has 13 heteroatoms. The fraction of sp³-hybridized carbons (Fsp3) is 0.450. The molecule has 8 rings (SSSR count). The van der Waals surface area contributed by atoms with Crippen LogP contribution in [-0.4, -0.2) is 86.1 Å². The van der Waals surface area contributed by atoms with Gasteiger partial charge in [-0.05, 0) is 56.5 Å². The number of amides is 1. The van der Waals surface area contributed by atoms with Crippen molar-refractivity contribution in [1.82, 2.24) is 24.8 Å². The van der Waals surface area contributed by atoms with Crippen LogP contribution in [-0.2, 0) is 13.0 Å². The van der Waals surface area contributed by atoms with Gasteiger partial charge in [-0.15, -0.1) is 0 Å². The van der Waals surface area contributed by atoms with Crippen molar-refractivity contribution in [2.45, 2.75) is 82.6 Å². The monoisotopic (exact) mass is 728 g/mol. The highest BCUT2D eigenvalue weighted by molar-refractivity contribution is 5.97. The molecule has 1 spiro atoms. The van der Waals surface area contributed by atoms with Crippen LogP contribution >= 0.6 is 0 Å². The maximum atomic E-state index is 14.5. The molecule has 4 aliphatic rings. The molecule has 278 valence electrons. The number of rotatable bonds is 11. The summed E-state index contributed by atoms with van der Waals surface area (Å²) in [5, 5.41) is 10.5. The zero-order valence-corrected chi connectivity index (χ0v) is 29.8. The highest BCUT2D eigenvalue weighted by Gasteiger charge is 2.55. The average molecular weight is 729 g/mol. The van der Waals surface area contributed by atoms with Crippen LogP contribution in [0.3, 0.4) is 0 Å². The van der Waals surface area contributed by atoms with Crippen LogP contribution in [0.1, 0.15) is 72.8 Å². The quantitative estimate of drug-likeness (QED) is 0.183. The predicted molar refractivity (Wildman–Crippen MR) is 191 cm³/mol. The number of aliphatic hydroxyl groups is 1. The van der Waals surface area contributed by atoms with Crippen molar-refractivity contribution in [1.29, 1.82) is 0 Å². The number of aliphatic hydroxyl groups excluding tert-OH is 1. The molecule has 2 saturated carbocycles. The fourth-order valence-corrected chi connectivity index (χ4v) is 8.58. The lowest BCUT2D eigenvalue weighted by Gasteiger charge is -2.59. The molecule has 53 heavy (non-hydrogen) atoms. The first kappa shape index (κ1) is 35.3. The third-order valence-electron chi connectivity index (χ3n) is 11.1. The average Bonchev–Trinajstić information content (AvgIpc) is 3.09. The first-order valence-corrected chi connectivity index (χ1v) is 18.3. The third kappa shape index (κ3) is 6.92. The number of aromatic nitrogens is 3. The highest BCUT2D eigenvalue weighted by atomic mass is 19.3. The molecule has 2 aromatic heterocycles. The third-order valence-corrected chi connectivity index (χ3v) is 11.1. The standard InChI is InChI=1S/C40H43F3N6O4/c1-25(2)49(28-15-40(42,43)16-28)38(51)30-14-27(41)8-9-33(30)53-35-19-44-24-46-37(35)48-22-39(23-48)17-29(18-39)52-34-10-12-45-31-11-13-47(32(21-50)36(31)34)20-26-6-4-3-5-7-26/h3-10,12,14,19,24-25,28-29,32,50H,11,13,15-18,20-23H2,1-2H3. The van der Waals surface area contributed by atoms with Crippen LogP contribution in [0, 0.1) is 11.2 Å². The highest BCUT2D eigenvalue weighted by Crippen LogP contribution is 2.52. The maximum Gasteiger partial charge on any atom is 0.258 e. The second-order valence-corrected chi connectivity index (χ2v) is 15.3. The lowest BCUT2D eigenvalue weighted by atomic mass is 9.61. The summed E-state index contributed by atoms with van der Waals surface area (Å²) in [7, 11) is 0. The van der Waals surface area contributed by atoms with Crippen molar-refractivity contribution in [3.05, 3.63) is 102 Å². The predicted octanol–water partition coefficient (Wildman–Crippen LogP) is 6.59. The SMILES string of the molecule is CC(C)N(C(=O)c1cc(F)ccc1Oc1cncnc1N1CC2(CC(Oc3ccnc4c3C(CO)N(Cc3ccccc3)CC4)C2)C1)C1CC(F)(F)C1. The lowest BCUT2D eigenvalue weighted by molar-refractivity contribution is -0.120. The Labute approximate surface area is 306 Å². The summed E-state index contributed by atoms with van der Waals surface area (Å²) in [5.74, 6) is -2.29. The van der Waals surface area contributed by atoms with Gasteiger partial charge in [0, 0.05) is 74.7 Å². The van der Waals surface area contributed by atoms with Crippen molar-refractivity contribution in [3.8, 4) is 17.2 Å². The van der Waals surface area contributed by atoms with Gasteiger partial charge in [0.25, 0.3) is 11.8 Å². The second-order valence-electron chi connectivity index (χ2n) is 15.3. The lowest BCUT2D eigenvalue weighted by Crippen LogP contribution is -2.65. The van der Waals surface area contributed by atoms with E-state index in [4.69, 9.17) is 9.47 Å². The molecule has 0 bridgehead atoms. The van der Waals surface area contributed by atoms with Crippen molar-refractivity contribution in [2.75, 3.05) is 31.1 Å². The molecular weight excluding hydrogens is 685 g/mol. The Morgan fingerprint density at radius 2 is 1.79 bits per heavy atom. The number of ether oxygens (including phenoxy) is 2. The first-order valence-electron chi connectivity index (χ1n) is 18.3. The van der Waals surface area contributed by atoms with E-state index in [2.05, 4.69) is 36.9 Å². The minimum absolute atomic E-state index is 0.0147. The molecular formula is C40H43F3N6O4. The molecule has 2 aromatic carbocycles. The number of halogens is 3. The van der Waals surface area contributed by atoms with Crippen LogP contribution < -0.4 is 14.4 Å². The van der Waals surface area contributed by atoms with Gasteiger partial charge in [0.15, 0.2) is 11.6 Å². The minimum Gasteiger partial charge on any atom is -0.490 e. The Bertz CT molecular complexity index is 1960. The van der Waals surface area contributed by atoms with E-state index in [0.29, 0.717) is 24.7 Å². The molecule has 4 aromatic rings. The van der Waals surface area contributed by atoms with Crippen LogP contribution in [0.5, 0.6) is 17.2 Å². The second kappa shape index (κ2) is 13.9. The maximum absolute atomic E-state index is 14.5. The zero-order valence-electron chi connectivity index (χ0n) is 29.8. The number of alkyl halides is 2. The molecule has 1 atom stereocenters. The summed E-state index contributed by atoms with van der Waals surface area (Å²) in [6.07, 6.45) is 6.37. The van der Waals surface area contributed by atoms with Gasteiger partial charge in [-0.2, -0.15) is 0 Å². The molecule has 1 unspecified atom stereocenters. The number of anilines is 1. The van der Waals surface area contributed by atoms with Gasteiger partial charge in [-0.1, -0.05) is 30.3 Å². The molecule has 3 fully saturated rings. The molecule has 0 radical (unpaired) electrons. The van der Waals surface area contributed by atoms with Crippen molar-refractivity contribution >= 4 is 11.7 Å². The van der Waals surface area contributed by atoms with Crippen molar-refractivity contribution < 1.29 is 32.5 Å². The number of pyridine rings is 1. The molecule has 1 saturated heterocycles. The number of hydrogen-bond acceptors (Lipinski definition) is 9. The minimum atomic E-state index is -2.82. The molecule has 2 aliphatic heterocycles. The Morgan fingerprint density at radius 3 is 2.51 bits per heavy atom. The molecule has 1 N–H and O–H groups in total. The number of hydrogen-bond donors (Lipinski definition) is 1. The van der Waals surface area contributed by atoms with E-state index >= 15 is 0 Å². The number of carbonyl (C=O) groups excluding carboxylic acids is 1. The van der Waals surface area contributed by atoms with E-state index < -0.39 is 36.5 Å². The molecule has 4 heterocycles. The van der Waals surface area contributed by atoms with E-state index in [-0.39, 0.29) is 41.5 Å². The van der Waals surface area contributed by atoms with E-state index in [1.807, 2.05) is 24.3 Å². The van der Waals surface area contributed by atoms with E-state index in [1.54, 1.807) is 20.0 Å². The number of carbonyl (C=O) groups is 1. The number of nitrogens with zero attached hydrogens (tertiary/aromatic N) is 6. The Morgan fingerprint density at radius 1 is 1.02 bits per heavy atom. The summed E-state index contributed by atoms with van der Waals surface area (Å²) in [4.78, 5) is 32.8. The summed E-state index contributed by atoms with van der Waals surface area (Å²) < 4.78 is 54.9. The number of benzene rings is 2. The van der Waals surface area contributed by atoms with Crippen LogP contribution in [0.2, 0.25) is 0 Å². The van der Waals surface area contributed by atoms with Gasteiger partial charge in [0.1, 0.15) is 29.7 Å². The largest absolute Gasteiger partial charge is 0.490 e. The van der Waals surface area contributed by atoms with Crippen LogP contribution in [0.15, 0.2) is 73.3 Å². The number of fused-ring (bicyclic) bond motifs is 1. The van der Waals surface area contributed by atoms with Crippen molar-refractivity contribution in [2.24, 2.45) is 5.41 Å². The van der Waals surface area contributed by atoms with Gasteiger partial charge in [0.2, 0.25) is 0 Å². The Balaban J connectivity index is 0.930. The summed E-state index contributed by atoms with van der Waals surface area (Å²) >= 11 is 0. The molecule has 10 nitrogen and oxygen atoms in total. The normalized spacial score (nSPS) is 20.7. The summed E-state index contributed by atoms with van der Waals surface area (Å²) in [5.41, 5.74) is 3.12. The van der Waals surface area contributed by atoms with E-state index in [1.165, 1.54) is 35.1 Å². The van der Waals surface area contributed by atoms with Crippen LogP contribution in [0.25, 0.3) is 0 Å². The van der Waals surface area contributed by atoms with Gasteiger partial charge in [0.05, 0.1) is 30.1 Å². The Kier molecular flexibility index (Phi) is 9.26. The summed E-state index contributed by atoms with van der Waals surface area (Å²) in [6, 6.07) is 14.6. The van der Waals surface area contributed by atoms with E-state index in [0.717, 1.165) is 55.4 Å². The van der Waals surface area contributed by atoms with Gasteiger partial charge in [-0.3, -0.25) is 14.7 Å². The molecule has 1 amide bonds. The topological polar surface area (TPSA) is 104 Å². The Hall–Kier alpha value is -4.75. The van der Waals surface area contributed by atoms with Gasteiger partial charge >= 0.3 is 0 Å². The zero-order chi connectivity index (χ0) is 36.9. The van der Waals surface area contributed by atoms with Gasteiger partial charge < -0.3 is 24.4 Å². The molecule has 2 aliphatic carbocycles.